The summed E-state index contributed by atoms with van der Waals surface area (Å²) in [6.07, 6.45) is 1.27. The molecule has 1 aromatic carbocycles. The van der Waals surface area contributed by atoms with Crippen LogP contribution in [0.3, 0.4) is 0 Å². The molecule has 1 fully saturated rings. The summed E-state index contributed by atoms with van der Waals surface area (Å²) < 4.78 is 10.4. The van der Waals surface area contributed by atoms with Crippen LogP contribution in [0.5, 0.6) is 5.75 Å². The summed E-state index contributed by atoms with van der Waals surface area (Å²) in [5.74, 6) is 0.0929. The molecule has 17 heavy (non-hydrogen) atoms. The van der Waals surface area contributed by atoms with E-state index in [-0.39, 0.29) is 12.1 Å². The van der Waals surface area contributed by atoms with Crippen molar-refractivity contribution in [3.8, 4) is 5.75 Å². The third-order valence-corrected chi connectivity index (χ3v) is 2.61. The monoisotopic (exact) mass is 236 g/mol. The first-order valence-corrected chi connectivity index (χ1v) is 5.59. The van der Waals surface area contributed by atoms with Gasteiger partial charge in [-0.05, 0) is 18.6 Å². The predicted octanol–water partition coefficient (Wildman–Crippen LogP) is 1.39. The van der Waals surface area contributed by atoms with Crippen molar-refractivity contribution >= 4 is 17.3 Å². The van der Waals surface area contributed by atoms with Crippen molar-refractivity contribution in [2.75, 3.05) is 24.2 Å². The number of para-hydroxylation sites is 1. The highest BCUT2D eigenvalue weighted by Gasteiger charge is 2.19. The second kappa shape index (κ2) is 5.05. The smallest absolute Gasteiger partial charge is 0.308 e. The van der Waals surface area contributed by atoms with Crippen LogP contribution in [-0.4, -0.2) is 25.2 Å². The normalized spacial score (nSPS) is 18.3. The molecule has 5 heteroatoms. The van der Waals surface area contributed by atoms with Gasteiger partial charge >= 0.3 is 5.97 Å². The molecule has 1 saturated heterocycles. The highest BCUT2D eigenvalue weighted by molar-refractivity contribution is 5.78. The van der Waals surface area contributed by atoms with Crippen molar-refractivity contribution in [1.29, 1.82) is 0 Å². The quantitative estimate of drug-likeness (QED) is 0.469. The number of benzene rings is 1. The molecule has 3 N–H and O–H groups in total. The molecule has 0 spiro atoms. The standard InChI is InChI=1S/C12H16N2O3/c1-8(15)17-11-4-2-3-10(13)12(11)14-7-9-5-6-16-9/h2-4,9,14H,5-7,13H2,1H3/t9-/m0/s1. The molecule has 1 aromatic rings. The number of esters is 1. The average Bonchev–Trinajstić information content (AvgIpc) is 2.18. The highest BCUT2D eigenvalue weighted by atomic mass is 16.5. The maximum Gasteiger partial charge on any atom is 0.308 e. The molecule has 0 bridgehead atoms. The number of nitrogen functional groups attached to an aromatic ring is 1. The van der Waals surface area contributed by atoms with Crippen LogP contribution in [0, 0.1) is 0 Å². The average molecular weight is 236 g/mol. The van der Waals surface area contributed by atoms with Gasteiger partial charge in [0.25, 0.3) is 0 Å². The van der Waals surface area contributed by atoms with Gasteiger partial charge in [0.15, 0.2) is 5.75 Å². The highest BCUT2D eigenvalue weighted by Crippen LogP contribution is 2.31. The van der Waals surface area contributed by atoms with Crippen LogP contribution in [0.25, 0.3) is 0 Å². The van der Waals surface area contributed by atoms with E-state index in [1.54, 1.807) is 18.2 Å². The zero-order chi connectivity index (χ0) is 12.3. The summed E-state index contributed by atoms with van der Waals surface area (Å²) in [5.41, 5.74) is 7.06. The lowest BCUT2D eigenvalue weighted by Crippen LogP contribution is -2.33. The Balaban J connectivity index is 2.08. The fourth-order valence-corrected chi connectivity index (χ4v) is 1.64. The molecule has 0 saturated carbocycles. The molecular formula is C12H16N2O3. The van der Waals surface area contributed by atoms with E-state index in [0.29, 0.717) is 23.7 Å². The van der Waals surface area contributed by atoms with Crippen molar-refractivity contribution in [1.82, 2.24) is 0 Å². The van der Waals surface area contributed by atoms with Gasteiger partial charge in [0, 0.05) is 20.1 Å². The molecule has 1 aliphatic heterocycles. The zero-order valence-electron chi connectivity index (χ0n) is 9.73. The van der Waals surface area contributed by atoms with Crippen molar-refractivity contribution in [2.24, 2.45) is 0 Å². The Morgan fingerprint density at radius 1 is 1.65 bits per heavy atom. The summed E-state index contributed by atoms with van der Waals surface area (Å²) >= 11 is 0. The van der Waals surface area contributed by atoms with E-state index in [1.165, 1.54) is 6.92 Å². The van der Waals surface area contributed by atoms with Crippen LogP contribution in [0.1, 0.15) is 13.3 Å². The minimum absolute atomic E-state index is 0.222. The van der Waals surface area contributed by atoms with Gasteiger partial charge in [-0.2, -0.15) is 0 Å². The first kappa shape index (κ1) is 11.7. The van der Waals surface area contributed by atoms with Gasteiger partial charge in [-0.3, -0.25) is 4.79 Å². The summed E-state index contributed by atoms with van der Waals surface area (Å²) in [6, 6.07) is 5.22. The van der Waals surface area contributed by atoms with E-state index in [4.69, 9.17) is 15.2 Å². The Morgan fingerprint density at radius 3 is 3.00 bits per heavy atom. The maximum atomic E-state index is 11.0. The molecule has 1 atom stereocenters. The number of hydrogen-bond acceptors (Lipinski definition) is 5. The van der Waals surface area contributed by atoms with Crippen LogP contribution in [-0.2, 0) is 9.53 Å². The molecular weight excluding hydrogens is 220 g/mol. The van der Waals surface area contributed by atoms with Gasteiger partial charge in [0.05, 0.1) is 11.8 Å². The first-order valence-electron chi connectivity index (χ1n) is 5.59. The van der Waals surface area contributed by atoms with E-state index >= 15 is 0 Å². The third kappa shape index (κ3) is 2.88. The lowest BCUT2D eigenvalue weighted by atomic mass is 10.2. The Labute approximate surface area is 99.9 Å². The molecule has 0 radical (unpaired) electrons. The van der Waals surface area contributed by atoms with Crippen LogP contribution in [0.2, 0.25) is 0 Å². The minimum Gasteiger partial charge on any atom is -0.424 e. The SMILES string of the molecule is CC(=O)Oc1cccc(N)c1NC[C@@H]1CCO1. The molecule has 0 unspecified atom stereocenters. The van der Waals surface area contributed by atoms with E-state index < -0.39 is 0 Å². The van der Waals surface area contributed by atoms with E-state index in [1.807, 2.05) is 0 Å². The number of carbonyl (C=O) groups excluding carboxylic acids is 1. The molecule has 1 heterocycles. The summed E-state index contributed by atoms with van der Waals surface area (Å²) in [7, 11) is 0. The van der Waals surface area contributed by atoms with Crippen molar-refractivity contribution in [3.63, 3.8) is 0 Å². The Morgan fingerprint density at radius 2 is 2.41 bits per heavy atom. The second-order valence-corrected chi connectivity index (χ2v) is 3.98. The fraction of sp³-hybridized carbons (Fsp3) is 0.417. The molecule has 1 aliphatic rings. The maximum absolute atomic E-state index is 11.0. The molecule has 0 aliphatic carbocycles. The van der Waals surface area contributed by atoms with Crippen LogP contribution in [0.4, 0.5) is 11.4 Å². The number of nitrogens with two attached hydrogens (primary N) is 1. The Hall–Kier alpha value is -1.75. The number of rotatable bonds is 4. The number of anilines is 2. The first-order chi connectivity index (χ1) is 8.16. The lowest BCUT2D eigenvalue weighted by Gasteiger charge is -2.27. The van der Waals surface area contributed by atoms with Gasteiger partial charge in [-0.1, -0.05) is 6.07 Å². The third-order valence-electron chi connectivity index (χ3n) is 2.61. The van der Waals surface area contributed by atoms with Crippen LogP contribution < -0.4 is 15.8 Å². The van der Waals surface area contributed by atoms with Crippen molar-refractivity contribution in [2.45, 2.75) is 19.4 Å². The Bertz CT molecular complexity index is 416. The van der Waals surface area contributed by atoms with Crippen LogP contribution >= 0.6 is 0 Å². The number of ether oxygens (including phenoxy) is 2. The number of nitrogens with one attached hydrogen (secondary N) is 1. The molecule has 92 valence electrons. The van der Waals surface area contributed by atoms with E-state index in [2.05, 4.69) is 5.32 Å². The topological polar surface area (TPSA) is 73.6 Å². The van der Waals surface area contributed by atoms with E-state index in [0.717, 1.165) is 13.0 Å². The summed E-state index contributed by atoms with van der Waals surface area (Å²) in [4.78, 5) is 11.0. The van der Waals surface area contributed by atoms with Gasteiger partial charge in [0.2, 0.25) is 0 Å². The number of carbonyl (C=O) groups is 1. The predicted molar refractivity (Wildman–Crippen MR) is 65.0 cm³/mol. The molecule has 5 nitrogen and oxygen atoms in total. The fourth-order valence-electron chi connectivity index (χ4n) is 1.64. The summed E-state index contributed by atoms with van der Waals surface area (Å²) in [6.45, 7) is 2.85. The summed E-state index contributed by atoms with van der Waals surface area (Å²) in [5, 5.41) is 3.16. The lowest BCUT2D eigenvalue weighted by molar-refractivity contribution is -0.131. The van der Waals surface area contributed by atoms with Gasteiger partial charge in [-0.25, -0.2) is 0 Å². The minimum atomic E-state index is -0.362. The van der Waals surface area contributed by atoms with E-state index in [9.17, 15) is 4.79 Å². The number of hydrogen-bond donors (Lipinski definition) is 2. The van der Waals surface area contributed by atoms with Gasteiger partial charge in [-0.15, -0.1) is 0 Å². The Kier molecular flexibility index (Phi) is 3.49. The van der Waals surface area contributed by atoms with Gasteiger partial charge in [0.1, 0.15) is 5.69 Å². The molecule has 0 aromatic heterocycles. The van der Waals surface area contributed by atoms with Crippen molar-refractivity contribution in [3.05, 3.63) is 18.2 Å². The molecule has 2 rings (SSSR count). The van der Waals surface area contributed by atoms with Gasteiger partial charge < -0.3 is 20.5 Å². The second-order valence-electron chi connectivity index (χ2n) is 3.98. The molecule has 0 amide bonds. The largest absolute Gasteiger partial charge is 0.424 e. The van der Waals surface area contributed by atoms with Crippen LogP contribution in [0.15, 0.2) is 18.2 Å². The van der Waals surface area contributed by atoms with Crippen molar-refractivity contribution < 1.29 is 14.3 Å². The zero-order valence-corrected chi connectivity index (χ0v) is 9.73.